The SMILES string of the molecule is CCNC(=NCC1(CO)CC1)Nc1ccc(OC)c(OCC)c1. The van der Waals surface area contributed by atoms with Gasteiger partial charge in [0.25, 0.3) is 0 Å². The summed E-state index contributed by atoms with van der Waals surface area (Å²) in [5.74, 6) is 2.11. The van der Waals surface area contributed by atoms with Gasteiger partial charge in [-0.1, -0.05) is 0 Å². The Kier molecular flexibility index (Phi) is 6.10. The van der Waals surface area contributed by atoms with Gasteiger partial charge in [0.05, 0.1) is 26.9 Å². The monoisotopic (exact) mass is 321 g/mol. The molecular formula is C17H27N3O3. The van der Waals surface area contributed by atoms with Crippen molar-refractivity contribution in [3.63, 3.8) is 0 Å². The van der Waals surface area contributed by atoms with Crippen LogP contribution in [0.5, 0.6) is 11.5 Å². The van der Waals surface area contributed by atoms with E-state index in [1.54, 1.807) is 7.11 Å². The van der Waals surface area contributed by atoms with Gasteiger partial charge in [0, 0.05) is 23.7 Å². The van der Waals surface area contributed by atoms with E-state index >= 15 is 0 Å². The second-order valence-corrected chi connectivity index (χ2v) is 5.78. The van der Waals surface area contributed by atoms with Crippen LogP contribution in [0.15, 0.2) is 23.2 Å². The zero-order chi connectivity index (χ0) is 16.7. The summed E-state index contributed by atoms with van der Waals surface area (Å²) in [6.07, 6.45) is 2.09. The molecule has 2 rings (SSSR count). The zero-order valence-electron chi connectivity index (χ0n) is 14.2. The third-order valence-corrected chi connectivity index (χ3v) is 3.94. The van der Waals surface area contributed by atoms with E-state index in [0.717, 1.165) is 25.1 Å². The van der Waals surface area contributed by atoms with Crippen molar-refractivity contribution in [2.75, 3.05) is 38.7 Å². The second-order valence-electron chi connectivity index (χ2n) is 5.78. The first-order chi connectivity index (χ1) is 11.2. The Morgan fingerprint density at radius 2 is 2.09 bits per heavy atom. The number of anilines is 1. The minimum absolute atomic E-state index is 0.00125. The molecule has 1 aromatic rings. The van der Waals surface area contributed by atoms with Crippen molar-refractivity contribution in [3.8, 4) is 11.5 Å². The molecule has 0 heterocycles. The number of rotatable bonds is 8. The number of methoxy groups -OCH3 is 1. The Labute approximate surface area is 137 Å². The van der Waals surface area contributed by atoms with Crippen molar-refractivity contribution in [1.82, 2.24) is 5.32 Å². The van der Waals surface area contributed by atoms with E-state index < -0.39 is 0 Å². The van der Waals surface area contributed by atoms with Gasteiger partial charge in [0.15, 0.2) is 17.5 Å². The van der Waals surface area contributed by atoms with Crippen molar-refractivity contribution >= 4 is 11.6 Å². The molecule has 1 aliphatic rings. The average Bonchev–Trinajstić information content (AvgIpc) is 3.34. The Hall–Kier alpha value is -1.95. The normalized spacial score (nSPS) is 15.9. The smallest absolute Gasteiger partial charge is 0.195 e. The van der Waals surface area contributed by atoms with E-state index in [4.69, 9.17) is 9.47 Å². The van der Waals surface area contributed by atoms with Crippen molar-refractivity contribution in [3.05, 3.63) is 18.2 Å². The largest absolute Gasteiger partial charge is 0.493 e. The van der Waals surface area contributed by atoms with Crippen LogP contribution < -0.4 is 20.1 Å². The number of aliphatic imine (C=N–C) groups is 1. The van der Waals surface area contributed by atoms with E-state index in [2.05, 4.69) is 15.6 Å². The standard InChI is InChI=1S/C17H27N3O3/c1-4-18-16(19-11-17(12-21)8-9-17)20-13-6-7-14(22-3)15(10-13)23-5-2/h6-7,10,21H,4-5,8-9,11-12H2,1-3H3,(H2,18,19,20). The van der Waals surface area contributed by atoms with Gasteiger partial charge in [-0.25, -0.2) is 0 Å². The lowest BCUT2D eigenvalue weighted by Crippen LogP contribution is -2.31. The van der Waals surface area contributed by atoms with Crippen LogP contribution in [-0.2, 0) is 0 Å². The Balaban J connectivity index is 2.09. The summed E-state index contributed by atoms with van der Waals surface area (Å²) in [7, 11) is 1.63. The fourth-order valence-electron chi connectivity index (χ4n) is 2.26. The van der Waals surface area contributed by atoms with Crippen LogP contribution in [0.2, 0.25) is 0 Å². The predicted molar refractivity (Wildman–Crippen MR) is 92.5 cm³/mol. The van der Waals surface area contributed by atoms with Gasteiger partial charge in [0.2, 0.25) is 0 Å². The van der Waals surface area contributed by atoms with Crippen molar-refractivity contribution in [2.24, 2.45) is 10.4 Å². The summed E-state index contributed by atoms with van der Waals surface area (Å²) in [5.41, 5.74) is 0.876. The molecule has 1 fully saturated rings. The Morgan fingerprint density at radius 1 is 1.30 bits per heavy atom. The molecule has 0 radical (unpaired) electrons. The maximum absolute atomic E-state index is 9.40. The number of hydrogen-bond acceptors (Lipinski definition) is 4. The van der Waals surface area contributed by atoms with Crippen LogP contribution in [-0.4, -0.2) is 44.5 Å². The molecule has 1 saturated carbocycles. The molecule has 6 heteroatoms. The van der Waals surface area contributed by atoms with Gasteiger partial charge in [-0.3, -0.25) is 4.99 Å². The molecule has 0 aliphatic heterocycles. The molecule has 23 heavy (non-hydrogen) atoms. The van der Waals surface area contributed by atoms with Crippen molar-refractivity contribution in [2.45, 2.75) is 26.7 Å². The highest BCUT2D eigenvalue weighted by Gasteiger charge is 2.41. The van der Waals surface area contributed by atoms with Crippen LogP contribution in [0.25, 0.3) is 0 Å². The molecule has 0 unspecified atom stereocenters. The van der Waals surface area contributed by atoms with Crippen LogP contribution in [0.4, 0.5) is 5.69 Å². The molecule has 1 aromatic carbocycles. The third-order valence-electron chi connectivity index (χ3n) is 3.94. The zero-order valence-corrected chi connectivity index (χ0v) is 14.2. The summed E-state index contributed by atoms with van der Waals surface area (Å²) in [5, 5.41) is 15.9. The fourth-order valence-corrected chi connectivity index (χ4v) is 2.26. The number of hydrogen-bond donors (Lipinski definition) is 3. The van der Waals surface area contributed by atoms with Gasteiger partial charge in [-0.2, -0.15) is 0 Å². The number of nitrogens with zero attached hydrogens (tertiary/aromatic N) is 1. The summed E-state index contributed by atoms with van der Waals surface area (Å²) < 4.78 is 10.9. The highest BCUT2D eigenvalue weighted by molar-refractivity contribution is 5.94. The molecule has 6 nitrogen and oxygen atoms in total. The van der Waals surface area contributed by atoms with Gasteiger partial charge in [0.1, 0.15) is 0 Å². The second kappa shape index (κ2) is 8.06. The summed E-state index contributed by atoms with van der Waals surface area (Å²) in [6.45, 7) is 6.14. The molecule has 3 N–H and O–H groups in total. The van der Waals surface area contributed by atoms with E-state index in [-0.39, 0.29) is 12.0 Å². The minimum Gasteiger partial charge on any atom is -0.493 e. The highest BCUT2D eigenvalue weighted by Crippen LogP contribution is 2.45. The number of benzene rings is 1. The van der Waals surface area contributed by atoms with Gasteiger partial charge < -0.3 is 25.2 Å². The van der Waals surface area contributed by atoms with Gasteiger partial charge >= 0.3 is 0 Å². The summed E-state index contributed by atoms with van der Waals surface area (Å²) in [4.78, 5) is 4.59. The van der Waals surface area contributed by atoms with Gasteiger partial charge in [-0.05, 0) is 38.8 Å². The molecular weight excluding hydrogens is 294 g/mol. The number of ether oxygens (including phenoxy) is 2. The fraction of sp³-hybridized carbons (Fsp3) is 0.588. The number of nitrogens with one attached hydrogen (secondary N) is 2. The Morgan fingerprint density at radius 3 is 2.65 bits per heavy atom. The van der Waals surface area contributed by atoms with Gasteiger partial charge in [-0.15, -0.1) is 0 Å². The van der Waals surface area contributed by atoms with E-state index in [9.17, 15) is 5.11 Å². The van der Waals surface area contributed by atoms with E-state index in [1.807, 2.05) is 32.0 Å². The molecule has 128 valence electrons. The van der Waals surface area contributed by atoms with Crippen LogP contribution in [0.3, 0.4) is 0 Å². The molecule has 1 aliphatic carbocycles. The molecule has 0 bridgehead atoms. The molecule has 0 saturated heterocycles. The van der Waals surface area contributed by atoms with Crippen LogP contribution >= 0.6 is 0 Å². The predicted octanol–water partition coefficient (Wildman–Crippen LogP) is 2.24. The number of aliphatic hydroxyl groups is 1. The molecule has 0 atom stereocenters. The average molecular weight is 321 g/mol. The highest BCUT2D eigenvalue weighted by atomic mass is 16.5. The molecule has 0 amide bonds. The lowest BCUT2D eigenvalue weighted by molar-refractivity contribution is 0.217. The topological polar surface area (TPSA) is 75.1 Å². The minimum atomic E-state index is -0.00125. The summed E-state index contributed by atoms with van der Waals surface area (Å²) in [6, 6.07) is 5.69. The first kappa shape index (κ1) is 17.4. The Bertz CT molecular complexity index is 542. The lowest BCUT2D eigenvalue weighted by Gasteiger charge is -2.15. The van der Waals surface area contributed by atoms with Crippen LogP contribution in [0.1, 0.15) is 26.7 Å². The molecule has 0 aromatic heterocycles. The van der Waals surface area contributed by atoms with E-state index in [0.29, 0.717) is 30.6 Å². The van der Waals surface area contributed by atoms with E-state index in [1.165, 1.54) is 0 Å². The number of aliphatic hydroxyl groups excluding tert-OH is 1. The quantitative estimate of drug-likeness (QED) is 0.506. The first-order valence-corrected chi connectivity index (χ1v) is 8.13. The number of guanidine groups is 1. The maximum atomic E-state index is 9.40. The summed E-state index contributed by atoms with van der Waals surface area (Å²) >= 11 is 0. The lowest BCUT2D eigenvalue weighted by atomic mass is 10.1. The van der Waals surface area contributed by atoms with Crippen molar-refractivity contribution < 1.29 is 14.6 Å². The first-order valence-electron chi connectivity index (χ1n) is 8.13. The van der Waals surface area contributed by atoms with Crippen LogP contribution in [0, 0.1) is 5.41 Å². The third kappa shape index (κ3) is 4.76. The maximum Gasteiger partial charge on any atom is 0.195 e. The molecule has 0 spiro atoms. The van der Waals surface area contributed by atoms with Crippen molar-refractivity contribution in [1.29, 1.82) is 0 Å².